The van der Waals surface area contributed by atoms with Gasteiger partial charge < -0.3 is 5.11 Å². The molecule has 0 aromatic heterocycles. The molecule has 1 aliphatic rings. The zero-order valence-corrected chi connectivity index (χ0v) is 11.8. The molecule has 0 spiro atoms. The Hall–Kier alpha value is -0.620. The Morgan fingerprint density at radius 1 is 1.50 bits per heavy atom. The molecule has 2 rings (SSSR count). The maximum absolute atomic E-state index is 12.2. The summed E-state index contributed by atoms with van der Waals surface area (Å²) in [4.78, 5) is 0.0263. The third-order valence-electron chi connectivity index (χ3n) is 3.28. The summed E-state index contributed by atoms with van der Waals surface area (Å²) < 4.78 is 27.0. The highest BCUT2D eigenvalue weighted by Crippen LogP contribution is 2.45. The summed E-state index contributed by atoms with van der Waals surface area (Å²) in [6, 6.07) is 4.44. The van der Waals surface area contributed by atoms with Gasteiger partial charge in [0, 0.05) is 6.04 Å². The number of hydrogen-bond acceptors (Lipinski definition) is 3. The zero-order chi connectivity index (χ0) is 13.6. The van der Waals surface area contributed by atoms with E-state index in [-0.39, 0.29) is 28.0 Å². The van der Waals surface area contributed by atoms with Gasteiger partial charge in [0.2, 0.25) is 10.0 Å². The molecule has 4 nitrogen and oxygen atoms in total. The van der Waals surface area contributed by atoms with Gasteiger partial charge in [-0.25, -0.2) is 13.1 Å². The van der Waals surface area contributed by atoms with E-state index in [2.05, 4.69) is 4.72 Å². The van der Waals surface area contributed by atoms with Crippen molar-refractivity contribution in [3.63, 3.8) is 0 Å². The number of benzene rings is 1. The lowest BCUT2D eigenvalue weighted by Crippen LogP contribution is -2.28. The monoisotopic (exact) mass is 289 g/mol. The predicted octanol–water partition coefficient (Wildman–Crippen LogP) is 1.91. The van der Waals surface area contributed by atoms with Crippen molar-refractivity contribution < 1.29 is 13.5 Å². The van der Waals surface area contributed by atoms with Gasteiger partial charge in [0.15, 0.2) is 0 Å². The summed E-state index contributed by atoms with van der Waals surface area (Å²) >= 11 is 5.91. The number of aliphatic hydroxyl groups excluding tert-OH is 1. The lowest BCUT2D eigenvalue weighted by atomic mass is 10.2. The van der Waals surface area contributed by atoms with Crippen LogP contribution in [-0.4, -0.2) is 19.6 Å². The fraction of sp³-hybridized carbons (Fsp3) is 0.500. The van der Waals surface area contributed by atoms with Crippen molar-refractivity contribution in [2.24, 2.45) is 5.41 Å². The fourth-order valence-electron chi connectivity index (χ4n) is 1.77. The van der Waals surface area contributed by atoms with Gasteiger partial charge >= 0.3 is 0 Å². The van der Waals surface area contributed by atoms with E-state index in [9.17, 15) is 8.42 Å². The van der Waals surface area contributed by atoms with Gasteiger partial charge in [-0.15, -0.1) is 0 Å². The minimum atomic E-state index is -3.62. The minimum Gasteiger partial charge on any atom is -0.392 e. The molecule has 0 heterocycles. The van der Waals surface area contributed by atoms with E-state index in [1.165, 1.54) is 12.1 Å². The highest BCUT2D eigenvalue weighted by atomic mass is 35.5. The van der Waals surface area contributed by atoms with Crippen LogP contribution in [0.4, 0.5) is 0 Å². The van der Waals surface area contributed by atoms with Crippen LogP contribution < -0.4 is 4.72 Å². The second-order valence-corrected chi connectivity index (χ2v) is 7.38. The summed E-state index contributed by atoms with van der Waals surface area (Å²) in [6.07, 6.45) is 0.823. The van der Waals surface area contributed by atoms with Gasteiger partial charge in [0.05, 0.1) is 11.6 Å². The Bertz CT molecular complexity index is 569. The largest absolute Gasteiger partial charge is 0.392 e. The molecule has 0 aliphatic heterocycles. The van der Waals surface area contributed by atoms with E-state index in [4.69, 9.17) is 16.7 Å². The van der Waals surface area contributed by atoms with Gasteiger partial charge in [-0.2, -0.15) is 0 Å². The Morgan fingerprint density at radius 2 is 2.11 bits per heavy atom. The number of aliphatic hydroxyl groups is 1. The maximum atomic E-state index is 12.2. The van der Waals surface area contributed by atoms with E-state index in [0.717, 1.165) is 6.42 Å². The number of nitrogens with one attached hydrogen (secondary N) is 1. The van der Waals surface area contributed by atoms with Crippen molar-refractivity contribution in [2.75, 3.05) is 0 Å². The normalized spacial score (nSPS) is 21.9. The Kier molecular flexibility index (Phi) is 3.44. The summed E-state index contributed by atoms with van der Waals surface area (Å²) in [5.41, 5.74) is 0.531. The summed E-state index contributed by atoms with van der Waals surface area (Å²) in [5, 5.41) is 9.20. The molecular weight excluding hydrogens is 274 g/mol. The average Bonchev–Trinajstić information content (AvgIpc) is 2.85. The van der Waals surface area contributed by atoms with Crippen LogP contribution in [0.2, 0.25) is 5.02 Å². The van der Waals surface area contributed by atoms with Crippen molar-refractivity contribution in [1.82, 2.24) is 4.72 Å². The first-order valence-corrected chi connectivity index (χ1v) is 7.54. The van der Waals surface area contributed by atoms with E-state index in [1.54, 1.807) is 6.07 Å². The first kappa shape index (κ1) is 13.8. The standard InChI is InChI=1S/C12H16ClNO3S/c1-12(2)6-11(12)14-18(16,17)10-5-8(7-15)3-4-9(10)13/h3-5,11,14-15H,6-7H2,1-2H3. The molecule has 1 fully saturated rings. The van der Waals surface area contributed by atoms with Crippen LogP contribution in [0, 0.1) is 5.41 Å². The second-order valence-electron chi connectivity index (χ2n) is 5.29. The SMILES string of the molecule is CC1(C)CC1NS(=O)(=O)c1cc(CO)ccc1Cl. The van der Waals surface area contributed by atoms with Crippen LogP contribution >= 0.6 is 11.6 Å². The van der Waals surface area contributed by atoms with Gasteiger partial charge in [-0.05, 0) is 29.5 Å². The van der Waals surface area contributed by atoms with Crippen LogP contribution in [0.1, 0.15) is 25.8 Å². The van der Waals surface area contributed by atoms with Crippen LogP contribution in [-0.2, 0) is 16.6 Å². The molecule has 1 aromatic carbocycles. The van der Waals surface area contributed by atoms with Crippen molar-refractivity contribution in [3.05, 3.63) is 28.8 Å². The minimum absolute atomic E-state index is 0.00807. The van der Waals surface area contributed by atoms with Crippen LogP contribution in [0.3, 0.4) is 0 Å². The third-order valence-corrected chi connectivity index (χ3v) is 5.23. The van der Waals surface area contributed by atoms with Gasteiger partial charge in [0.1, 0.15) is 4.90 Å². The molecule has 1 atom stereocenters. The van der Waals surface area contributed by atoms with Gasteiger partial charge in [-0.3, -0.25) is 0 Å². The van der Waals surface area contributed by atoms with Crippen molar-refractivity contribution >= 4 is 21.6 Å². The van der Waals surface area contributed by atoms with Crippen LogP contribution in [0.15, 0.2) is 23.1 Å². The number of halogens is 1. The van der Waals surface area contributed by atoms with Crippen LogP contribution in [0.25, 0.3) is 0 Å². The molecule has 1 aliphatic carbocycles. The molecule has 1 unspecified atom stereocenters. The number of hydrogen-bond donors (Lipinski definition) is 2. The Morgan fingerprint density at radius 3 is 2.61 bits per heavy atom. The predicted molar refractivity (Wildman–Crippen MR) is 69.9 cm³/mol. The van der Waals surface area contributed by atoms with E-state index in [0.29, 0.717) is 5.56 Å². The lowest BCUT2D eigenvalue weighted by molar-refractivity contribution is 0.281. The highest BCUT2D eigenvalue weighted by molar-refractivity contribution is 7.89. The number of sulfonamides is 1. The molecule has 0 bridgehead atoms. The van der Waals surface area contributed by atoms with Crippen molar-refractivity contribution in [3.8, 4) is 0 Å². The van der Waals surface area contributed by atoms with E-state index < -0.39 is 10.0 Å². The van der Waals surface area contributed by atoms with E-state index in [1.807, 2.05) is 13.8 Å². The van der Waals surface area contributed by atoms with Crippen molar-refractivity contribution in [1.29, 1.82) is 0 Å². The van der Waals surface area contributed by atoms with Crippen molar-refractivity contribution in [2.45, 2.75) is 37.8 Å². The second kappa shape index (κ2) is 4.49. The smallest absolute Gasteiger partial charge is 0.242 e. The highest BCUT2D eigenvalue weighted by Gasteiger charge is 2.48. The summed E-state index contributed by atoms with van der Waals surface area (Å²) in [6.45, 7) is 3.80. The average molecular weight is 290 g/mol. The molecule has 0 radical (unpaired) electrons. The van der Waals surface area contributed by atoms with Crippen LogP contribution in [0.5, 0.6) is 0 Å². The zero-order valence-electron chi connectivity index (χ0n) is 10.3. The third kappa shape index (κ3) is 2.69. The molecule has 2 N–H and O–H groups in total. The molecule has 1 saturated carbocycles. The topological polar surface area (TPSA) is 66.4 Å². The molecule has 6 heteroatoms. The molecule has 18 heavy (non-hydrogen) atoms. The quantitative estimate of drug-likeness (QED) is 0.890. The van der Waals surface area contributed by atoms with E-state index >= 15 is 0 Å². The summed E-state index contributed by atoms with van der Waals surface area (Å²) in [5.74, 6) is 0. The molecule has 0 amide bonds. The first-order valence-electron chi connectivity index (χ1n) is 5.68. The van der Waals surface area contributed by atoms with Gasteiger partial charge in [-0.1, -0.05) is 31.5 Å². The molecular formula is C12H16ClNO3S. The maximum Gasteiger partial charge on any atom is 0.242 e. The number of rotatable bonds is 4. The molecule has 100 valence electrons. The summed E-state index contributed by atoms with van der Waals surface area (Å²) in [7, 11) is -3.62. The lowest BCUT2D eigenvalue weighted by Gasteiger charge is -2.10. The van der Waals surface area contributed by atoms with Gasteiger partial charge in [0.25, 0.3) is 0 Å². The Balaban J connectivity index is 2.29. The molecule has 0 saturated heterocycles. The molecule has 1 aromatic rings. The Labute approximate surface area is 112 Å². The fourth-order valence-corrected chi connectivity index (χ4v) is 3.73. The first-order chi connectivity index (χ1) is 8.26.